The van der Waals surface area contributed by atoms with Crippen LogP contribution in [0.4, 0.5) is 17.1 Å². The summed E-state index contributed by atoms with van der Waals surface area (Å²) in [6.45, 7) is 7.25. The van der Waals surface area contributed by atoms with Crippen LogP contribution >= 0.6 is 0 Å². The zero-order valence-electron chi connectivity index (χ0n) is 19.3. The first kappa shape index (κ1) is 24.1. The van der Waals surface area contributed by atoms with E-state index in [4.69, 9.17) is 10.5 Å². The van der Waals surface area contributed by atoms with Gasteiger partial charge >= 0.3 is 0 Å². The van der Waals surface area contributed by atoms with Crippen LogP contribution < -0.4 is 10.6 Å². The van der Waals surface area contributed by atoms with Gasteiger partial charge in [0.05, 0.1) is 7.11 Å². The third kappa shape index (κ3) is 7.86. The number of ether oxygens (including phenoxy) is 1. The highest BCUT2D eigenvalue weighted by Crippen LogP contribution is 2.28. The van der Waals surface area contributed by atoms with E-state index in [1.807, 2.05) is 18.2 Å². The maximum absolute atomic E-state index is 5.91. The van der Waals surface area contributed by atoms with Crippen LogP contribution in [0.3, 0.4) is 0 Å². The number of rotatable bonds is 11. The summed E-state index contributed by atoms with van der Waals surface area (Å²) in [5.74, 6) is 0.898. The highest BCUT2D eigenvalue weighted by atomic mass is 16.5. The van der Waals surface area contributed by atoms with Crippen molar-refractivity contribution in [1.82, 2.24) is 0 Å². The lowest BCUT2D eigenvalue weighted by Gasteiger charge is -2.25. The van der Waals surface area contributed by atoms with Crippen molar-refractivity contribution in [2.45, 2.75) is 40.0 Å². The molecule has 164 valence electrons. The molecular formula is C28H36N2O. The summed E-state index contributed by atoms with van der Waals surface area (Å²) in [6, 6.07) is 16.8. The fourth-order valence-electron chi connectivity index (χ4n) is 3.20. The van der Waals surface area contributed by atoms with Gasteiger partial charge in [0.15, 0.2) is 0 Å². The smallest absolute Gasteiger partial charge is 0.114 e. The van der Waals surface area contributed by atoms with Gasteiger partial charge in [-0.2, -0.15) is 0 Å². The van der Waals surface area contributed by atoms with Gasteiger partial charge in [0, 0.05) is 23.6 Å². The van der Waals surface area contributed by atoms with E-state index in [2.05, 4.69) is 92.4 Å². The molecule has 31 heavy (non-hydrogen) atoms. The van der Waals surface area contributed by atoms with E-state index in [9.17, 15) is 0 Å². The monoisotopic (exact) mass is 416 g/mol. The van der Waals surface area contributed by atoms with Crippen LogP contribution in [0.1, 0.15) is 45.6 Å². The molecule has 0 radical (unpaired) electrons. The summed E-state index contributed by atoms with van der Waals surface area (Å²) in [6.07, 6.45) is 15.6. The highest BCUT2D eigenvalue weighted by molar-refractivity contribution is 5.70. The number of hydrogen-bond acceptors (Lipinski definition) is 3. The van der Waals surface area contributed by atoms with Gasteiger partial charge in [-0.05, 0) is 85.9 Å². The Bertz CT molecular complexity index is 903. The lowest BCUT2D eigenvalue weighted by molar-refractivity contribution is 0.305. The van der Waals surface area contributed by atoms with Crippen molar-refractivity contribution in [3.05, 3.63) is 96.3 Å². The Balaban J connectivity index is 2.25. The van der Waals surface area contributed by atoms with Crippen molar-refractivity contribution >= 4 is 22.6 Å². The van der Waals surface area contributed by atoms with E-state index in [1.54, 1.807) is 7.11 Å². The largest absolute Gasteiger partial charge is 0.497 e. The molecule has 0 saturated heterocycles. The number of methoxy groups -OCH3 is 1. The predicted molar refractivity (Wildman–Crippen MR) is 137 cm³/mol. The van der Waals surface area contributed by atoms with Crippen LogP contribution in [0.2, 0.25) is 0 Å². The number of hydrogen-bond donors (Lipinski definition) is 1. The second kappa shape index (κ2) is 13.2. The van der Waals surface area contributed by atoms with Gasteiger partial charge < -0.3 is 15.4 Å². The molecule has 2 aromatic carbocycles. The topological polar surface area (TPSA) is 38.5 Å². The number of nitrogens with zero attached hydrogens (tertiary/aromatic N) is 1. The highest BCUT2D eigenvalue weighted by Gasteiger charge is 2.09. The van der Waals surface area contributed by atoms with Gasteiger partial charge in [0.1, 0.15) is 5.76 Å². The van der Waals surface area contributed by atoms with Gasteiger partial charge in [-0.25, -0.2) is 0 Å². The first-order chi connectivity index (χ1) is 15.1. The Morgan fingerprint density at radius 3 is 2.13 bits per heavy atom. The zero-order chi connectivity index (χ0) is 22.5. The molecule has 0 atom stereocenters. The molecule has 0 aliphatic heterocycles. The lowest BCUT2D eigenvalue weighted by atomic mass is 10.1. The third-order valence-electron chi connectivity index (χ3n) is 5.01. The van der Waals surface area contributed by atoms with Crippen LogP contribution in [-0.2, 0) is 4.74 Å². The summed E-state index contributed by atoms with van der Waals surface area (Å²) in [5.41, 5.74) is 11.4. The van der Waals surface area contributed by atoms with Crippen molar-refractivity contribution in [1.29, 1.82) is 0 Å². The van der Waals surface area contributed by atoms with E-state index >= 15 is 0 Å². The number of nitrogen functional groups attached to an aromatic ring is 1. The Morgan fingerprint density at radius 1 is 0.935 bits per heavy atom. The standard InChI is InChI=1S/C28H36N2O/c1-5-7-9-11-23(3)24-14-18-26(19-15-24)30(27-20-16-25(29)17-21-27)22-10-13-28(31-4)12-8-6-2/h7-9,11-21H,5-6,10,22,29H2,1-4H3. The van der Waals surface area contributed by atoms with Crippen molar-refractivity contribution in [3.63, 3.8) is 0 Å². The minimum Gasteiger partial charge on any atom is -0.497 e. The van der Waals surface area contributed by atoms with Crippen LogP contribution in [0, 0.1) is 0 Å². The van der Waals surface area contributed by atoms with Crippen molar-refractivity contribution < 1.29 is 4.74 Å². The molecule has 0 fully saturated rings. The molecular weight excluding hydrogens is 380 g/mol. The molecule has 0 heterocycles. The number of nitrogens with two attached hydrogens (primary N) is 1. The number of allylic oxidation sites excluding steroid dienone is 6. The molecule has 0 bridgehead atoms. The summed E-state index contributed by atoms with van der Waals surface area (Å²) in [4.78, 5) is 2.31. The molecule has 0 saturated carbocycles. The number of anilines is 3. The first-order valence-electron chi connectivity index (χ1n) is 11.1. The molecule has 2 N–H and O–H groups in total. The van der Waals surface area contributed by atoms with Gasteiger partial charge in [0.25, 0.3) is 0 Å². The predicted octanol–water partition coefficient (Wildman–Crippen LogP) is 7.66. The Kier molecular flexibility index (Phi) is 10.2. The minimum absolute atomic E-state index is 0.770. The van der Waals surface area contributed by atoms with Crippen molar-refractivity contribution in [2.75, 3.05) is 24.3 Å². The molecule has 3 heteroatoms. The molecule has 3 nitrogen and oxygen atoms in total. The SMILES string of the molecule is CCC=CC=C(C)c1ccc(N(CCC=C(C=CCC)OC)c2ccc(N)cc2)cc1. The maximum Gasteiger partial charge on any atom is 0.114 e. The Hall–Kier alpha value is -3.20. The second-order valence-corrected chi connectivity index (χ2v) is 7.39. The molecule has 0 unspecified atom stereocenters. The summed E-state index contributed by atoms with van der Waals surface area (Å²) in [5, 5.41) is 0. The quantitative estimate of drug-likeness (QED) is 0.232. The second-order valence-electron chi connectivity index (χ2n) is 7.39. The molecule has 0 amide bonds. The van der Waals surface area contributed by atoms with Gasteiger partial charge in [-0.15, -0.1) is 0 Å². The van der Waals surface area contributed by atoms with E-state index in [1.165, 1.54) is 11.1 Å². The van der Waals surface area contributed by atoms with Crippen LogP contribution in [0.5, 0.6) is 0 Å². The number of benzene rings is 2. The first-order valence-corrected chi connectivity index (χ1v) is 11.1. The van der Waals surface area contributed by atoms with Crippen molar-refractivity contribution in [2.24, 2.45) is 0 Å². The maximum atomic E-state index is 5.91. The zero-order valence-corrected chi connectivity index (χ0v) is 19.3. The summed E-state index contributed by atoms with van der Waals surface area (Å²) in [7, 11) is 1.72. The average Bonchev–Trinajstić information content (AvgIpc) is 2.80. The summed E-state index contributed by atoms with van der Waals surface area (Å²) < 4.78 is 5.47. The van der Waals surface area contributed by atoms with Gasteiger partial charge in [-0.3, -0.25) is 0 Å². The molecule has 0 aliphatic rings. The lowest BCUT2D eigenvalue weighted by Crippen LogP contribution is -2.18. The Labute approximate surface area is 188 Å². The van der Waals surface area contributed by atoms with Crippen LogP contribution in [0.25, 0.3) is 5.57 Å². The minimum atomic E-state index is 0.770. The van der Waals surface area contributed by atoms with E-state index in [0.717, 1.165) is 48.6 Å². The van der Waals surface area contributed by atoms with Crippen LogP contribution in [0.15, 0.2) is 90.7 Å². The Morgan fingerprint density at radius 2 is 1.55 bits per heavy atom. The van der Waals surface area contributed by atoms with E-state index < -0.39 is 0 Å². The van der Waals surface area contributed by atoms with Gasteiger partial charge in [-0.1, -0.05) is 50.3 Å². The fraction of sp³-hybridized carbons (Fsp3) is 0.286. The molecule has 2 rings (SSSR count). The van der Waals surface area contributed by atoms with Gasteiger partial charge in [0.2, 0.25) is 0 Å². The third-order valence-corrected chi connectivity index (χ3v) is 5.01. The van der Waals surface area contributed by atoms with Crippen LogP contribution in [-0.4, -0.2) is 13.7 Å². The van der Waals surface area contributed by atoms with E-state index in [-0.39, 0.29) is 0 Å². The average molecular weight is 417 g/mol. The van der Waals surface area contributed by atoms with E-state index in [0.29, 0.717) is 0 Å². The summed E-state index contributed by atoms with van der Waals surface area (Å²) >= 11 is 0. The molecule has 0 spiro atoms. The molecule has 2 aromatic rings. The normalized spacial score (nSPS) is 12.6. The van der Waals surface area contributed by atoms with Crippen molar-refractivity contribution in [3.8, 4) is 0 Å². The molecule has 0 aromatic heterocycles. The fourth-order valence-corrected chi connectivity index (χ4v) is 3.20. The molecule has 0 aliphatic carbocycles.